The monoisotopic (exact) mass is 930 g/mol. The molecule has 0 saturated carbocycles. The number of likely N-dealkylation sites (N-methyl/N-ethyl adjacent to an activating group) is 1. The number of benzene rings is 4. The zero-order chi connectivity index (χ0) is 47.5. The van der Waals surface area contributed by atoms with Crippen LogP contribution in [0.4, 0.5) is 11.6 Å². The topological polar surface area (TPSA) is 159 Å². The van der Waals surface area contributed by atoms with Crippen LogP contribution in [-0.2, 0) is 24.1 Å². The average molecular weight is 931 g/mol. The molecule has 16 heteroatoms. The highest BCUT2D eigenvalue weighted by Gasteiger charge is 2.50. The van der Waals surface area contributed by atoms with Crippen molar-refractivity contribution in [1.29, 1.82) is 0 Å². The number of nitrogens with zero attached hydrogens (tertiary/aromatic N) is 5. The molecule has 1 unspecified atom stereocenters. The molecule has 1 aliphatic heterocycles. The molecule has 1 aliphatic rings. The van der Waals surface area contributed by atoms with Gasteiger partial charge in [0, 0.05) is 43.6 Å². The summed E-state index contributed by atoms with van der Waals surface area (Å²) in [5, 5.41) is 15.1. The van der Waals surface area contributed by atoms with E-state index < -0.39 is 50.3 Å². The van der Waals surface area contributed by atoms with E-state index in [-0.39, 0.29) is 31.1 Å². The van der Waals surface area contributed by atoms with Crippen LogP contribution in [0.15, 0.2) is 151 Å². The Morgan fingerprint density at radius 1 is 0.821 bits per heavy atom. The fraction of sp³-hybridized carbons (Fsp3) is 0.333. The lowest BCUT2D eigenvalue weighted by molar-refractivity contribution is -0.0946. The van der Waals surface area contributed by atoms with Crippen LogP contribution in [0.1, 0.15) is 61.0 Å². The van der Waals surface area contributed by atoms with Gasteiger partial charge in [-0.3, -0.25) is 9.36 Å². The predicted octanol–water partition coefficient (Wildman–Crippen LogP) is 8.06. The van der Waals surface area contributed by atoms with Crippen LogP contribution in [0.3, 0.4) is 0 Å². The van der Waals surface area contributed by atoms with Crippen LogP contribution in [-0.4, -0.2) is 102 Å². The normalized spacial score (nSPS) is 17.7. The maximum absolute atomic E-state index is 13.9. The third kappa shape index (κ3) is 11.4. The molecule has 5 atom stereocenters. The van der Waals surface area contributed by atoms with E-state index in [1.807, 2.05) is 109 Å². The van der Waals surface area contributed by atoms with Gasteiger partial charge in [0.05, 0.1) is 27.4 Å². The van der Waals surface area contributed by atoms with Crippen molar-refractivity contribution in [2.24, 2.45) is 0 Å². The number of aliphatic hydroxyl groups excluding tert-OH is 1. The van der Waals surface area contributed by atoms with E-state index in [1.54, 1.807) is 50.7 Å². The van der Waals surface area contributed by atoms with Crippen molar-refractivity contribution in [3.63, 3.8) is 0 Å². The highest BCUT2D eigenvalue weighted by Crippen LogP contribution is 2.51. The lowest BCUT2D eigenvalue weighted by atomic mass is 9.80. The molecule has 352 valence electrons. The van der Waals surface area contributed by atoms with E-state index in [2.05, 4.69) is 47.7 Å². The van der Waals surface area contributed by atoms with Crippen molar-refractivity contribution in [2.75, 3.05) is 51.2 Å². The van der Waals surface area contributed by atoms with Crippen LogP contribution in [0, 0.1) is 0 Å². The molecule has 15 nitrogen and oxygen atoms in total. The number of aliphatic hydroxyl groups is 1. The molecule has 1 amide bonds. The van der Waals surface area contributed by atoms with Gasteiger partial charge >= 0.3 is 5.69 Å². The van der Waals surface area contributed by atoms with Gasteiger partial charge < -0.3 is 43.3 Å². The summed E-state index contributed by atoms with van der Waals surface area (Å²) in [6, 6.07) is 41.0. The molecule has 3 heterocycles. The first-order valence-electron chi connectivity index (χ1n) is 22.2. The Hall–Kier alpha value is -6.03. The van der Waals surface area contributed by atoms with Gasteiger partial charge in [-0.2, -0.15) is 4.98 Å². The van der Waals surface area contributed by atoms with E-state index in [4.69, 9.17) is 28.0 Å². The number of rotatable bonds is 21. The molecule has 67 heavy (non-hydrogen) atoms. The summed E-state index contributed by atoms with van der Waals surface area (Å²) in [6.07, 6.45) is -1.58. The molecule has 2 aromatic heterocycles. The number of carbonyl (C=O) groups excluding carboxylic acids is 1. The van der Waals surface area contributed by atoms with Crippen LogP contribution < -0.4 is 25.4 Å². The molecule has 4 aromatic carbocycles. The van der Waals surface area contributed by atoms with Gasteiger partial charge in [-0.05, 0) is 99.0 Å². The molecule has 2 N–H and O–H groups in total. The fourth-order valence-electron chi connectivity index (χ4n) is 8.13. The SMILES string of the molecule is COc1ccc(C(OC[C@H]2O[C@@H](n3ccc(NC(=O)c4ccccc4)nc3=O)[C@H](O)[C@@H]2OP(OCCN(C)c2ccccn2)N(C(C)C)C(C)C)(c2ccccc2)c2ccc(OC)cc2)cc1. The maximum Gasteiger partial charge on any atom is 0.351 e. The minimum absolute atomic E-state index is 0.0223. The summed E-state index contributed by atoms with van der Waals surface area (Å²) in [6.45, 7) is 8.90. The Morgan fingerprint density at radius 2 is 1.40 bits per heavy atom. The Kier molecular flexibility index (Phi) is 16.5. The van der Waals surface area contributed by atoms with E-state index >= 15 is 0 Å². The Morgan fingerprint density at radius 3 is 1.96 bits per heavy atom. The standard InChI is InChI=1S/C51H59N6O9P/c1-35(2)57(36(3)4)67(64-33-32-55(5)45-20-14-15-30-52-45)66-47-43(65-49(46(47)58)56-31-29-44(54-50(56)60)53-48(59)37-16-10-8-11-17-37)34-63-51(38-18-12-9-13-19-38,39-21-25-41(61-6)26-22-39)40-23-27-42(62-7)28-24-40/h8-31,35-36,43,46-47,49,58H,32-34H2,1-7H3,(H,53,54,59,60)/t43-,46-,47-,49-,67?/m1/s1. The summed E-state index contributed by atoms with van der Waals surface area (Å²) in [5.74, 6) is 1.74. The van der Waals surface area contributed by atoms with Gasteiger partial charge in [-0.25, -0.2) is 14.4 Å². The van der Waals surface area contributed by atoms with Gasteiger partial charge in [-0.15, -0.1) is 0 Å². The number of methoxy groups -OCH3 is 2. The van der Waals surface area contributed by atoms with Crippen molar-refractivity contribution in [3.05, 3.63) is 179 Å². The van der Waals surface area contributed by atoms with Gasteiger partial charge in [0.15, 0.2) is 6.23 Å². The number of pyridine rings is 1. The number of aromatic nitrogens is 3. The number of ether oxygens (including phenoxy) is 4. The minimum Gasteiger partial charge on any atom is -0.497 e. The summed E-state index contributed by atoms with van der Waals surface area (Å²) >= 11 is 0. The molecule has 7 rings (SSSR count). The lowest BCUT2D eigenvalue weighted by Crippen LogP contribution is -2.42. The molecule has 1 fully saturated rings. The number of nitrogens with one attached hydrogen (secondary N) is 1. The number of anilines is 2. The quantitative estimate of drug-likeness (QED) is 0.0528. The van der Waals surface area contributed by atoms with Gasteiger partial charge in [0.2, 0.25) is 0 Å². The van der Waals surface area contributed by atoms with Crippen molar-refractivity contribution < 1.29 is 37.9 Å². The highest BCUT2D eigenvalue weighted by molar-refractivity contribution is 7.44. The van der Waals surface area contributed by atoms with Crippen molar-refractivity contribution in [2.45, 2.75) is 69.9 Å². The van der Waals surface area contributed by atoms with Gasteiger partial charge in [-0.1, -0.05) is 78.9 Å². The minimum atomic E-state index is -1.87. The molecule has 0 radical (unpaired) electrons. The van der Waals surface area contributed by atoms with E-state index in [0.717, 1.165) is 22.5 Å². The summed E-state index contributed by atoms with van der Waals surface area (Å²) < 4.78 is 42.2. The van der Waals surface area contributed by atoms with Crippen LogP contribution in [0.5, 0.6) is 11.5 Å². The summed E-state index contributed by atoms with van der Waals surface area (Å²) in [4.78, 5) is 37.5. The first-order valence-corrected chi connectivity index (χ1v) is 23.3. The van der Waals surface area contributed by atoms with Crippen LogP contribution in [0.2, 0.25) is 0 Å². The zero-order valence-electron chi connectivity index (χ0n) is 38.8. The molecule has 0 bridgehead atoms. The van der Waals surface area contributed by atoms with Crippen LogP contribution >= 0.6 is 8.53 Å². The Labute approximate surface area is 393 Å². The number of hydrogen-bond donors (Lipinski definition) is 2. The molecular formula is C51H59N6O9P. The third-order valence-electron chi connectivity index (χ3n) is 11.5. The second-order valence-electron chi connectivity index (χ2n) is 16.5. The van der Waals surface area contributed by atoms with Crippen molar-refractivity contribution in [1.82, 2.24) is 19.2 Å². The highest BCUT2D eigenvalue weighted by atomic mass is 31.2. The molecule has 1 saturated heterocycles. The zero-order valence-corrected chi connectivity index (χ0v) is 39.7. The number of carbonyl (C=O) groups is 1. The van der Waals surface area contributed by atoms with Gasteiger partial charge in [0.25, 0.3) is 14.4 Å². The van der Waals surface area contributed by atoms with E-state index in [1.165, 1.54) is 16.8 Å². The Balaban J connectivity index is 1.27. The Bertz CT molecular complexity index is 2480. The molecule has 6 aromatic rings. The first kappa shape index (κ1) is 48.9. The number of hydrogen-bond acceptors (Lipinski definition) is 13. The summed E-state index contributed by atoms with van der Waals surface area (Å²) in [7, 11) is 3.31. The van der Waals surface area contributed by atoms with E-state index in [0.29, 0.717) is 23.6 Å². The maximum atomic E-state index is 13.9. The van der Waals surface area contributed by atoms with Gasteiger partial charge in [0.1, 0.15) is 47.0 Å². The first-order chi connectivity index (χ1) is 32.4. The third-order valence-corrected chi connectivity index (χ3v) is 13.6. The predicted molar refractivity (Wildman–Crippen MR) is 258 cm³/mol. The molecular weight excluding hydrogens is 872 g/mol. The average Bonchev–Trinajstić information content (AvgIpc) is 3.65. The van der Waals surface area contributed by atoms with Crippen molar-refractivity contribution >= 4 is 26.1 Å². The smallest absolute Gasteiger partial charge is 0.351 e. The lowest BCUT2D eigenvalue weighted by Gasteiger charge is -2.39. The van der Waals surface area contributed by atoms with E-state index in [9.17, 15) is 14.7 Å². The molecule has 0 spiro atoms. The largest absolute Gasteiger partial charge is 0.497 e. The number of amides is 1. The second kappa shape index (κ2) is 22.6. The second-order valence-corrected chi connectivity index (χ2v) is 17.9. The molecule has 0 aliphatic carbocycles. The fourth-order valence-corrected chi connectivity index (χ4v) is 9.89. The van der Waals surface area contributed by atoms with Crippen molar-refractivity contribution in [3.8, 4) is 11.5 Å². The van der Waals surface area contributed by atoms with Crippen LogP contribution in [0.25, 0.3) is 0 Å². The summed E-state index contributed by atoms with van der Waals surface area (Å²) in [5.41, 5.74) is 0.804.